The highest BCUT2D eigenvalue weighted by molar-refractivity contribution is 9.10. The van der Waals surface area contributed by atoms with Gasteiger partial charge in [-0.3, -0.25) is 4.79 Å². The van der Waals surface area contributed by atoms with E-state index < -0.39 is 5.97 Å². The summed E-state index contributed by atoms with van der Waals surface area (Å²) in [5.41, 5.74) is 2.00. The molecule has 2 aromatic carbocycles. The molecule has 0 fully saturated rings. The molecule has 1 unspecified atom stereocenters. The molecule has 0 saturated carbocycles. The number of aromatic nitrogens is 1. The Labute approximate surface area is 165 Å². The van der Waals surface area contributed by atoms with E-state index in [0.717, 1.165) is 20.9 Å². The van der Waals surface area contributed by atoms with Crippen LogP contribution in [0.1, 0.15) is 29.0 Å². The van der Waals surface area contributed by atoms with Crippen molar-refractivity contribution >= 4 is 38.7 Å². The molecule has 0 aliphatic carbocycles. The van der Waals surface area contributed by atoms with Gasteiger partial charge in [0.15, 0.2) is 6.61 Å². The van der Waals surface area contributed by atoms with Gasteiger partial charge in [-0.05, 0) is 42.8 Å². The van der Waals surface area contributed by atoms with Crippen molar-refractivity contribution in [2.75, 3.05) is 13.7 Å². The summed E-state index contributed by atoms with van der Waals surface area (Å²) in [6.45, 7) is 1.52. The first-order valence-corrected chi connectivity index (χ1v) is 9.14. The Bertz CT molecular complexity index is 966. The molecule has 1 amide bonds. The first-order valence-electron chi connectivity index (χ1n) is 8.35. The molecule has 0 bridgehead atoms. The highest BCUT2D eigenvalue weighted by Gasteiger charge is 2.15. The van der Waals surface area contributed by atoms with Crippen LogP contribution in [0.25, 0.3) is 10.9 Å². The lowest BCUT2D eigenvalue weighted by Crippen LogP contribution is -2.31. The van der Waals surface area contributed by atoms with E-state index in [-0.39, 0.29) is 24.2 Å². The van der Waals surface area contributed by atoms with E-state index in [1.54, 1.807) is 19.2 Å². The fraction of sp³-hybridized carbons (Fsp3) is 0.200. The van der Waals surface area contributed by atoms with Crippen LogP contribution < -0.4 is 10.1 Å². The number of hydrogen-bond donors (Lipinski definition) is 2. The molecule has 0 aliphatic rings. The number of halogens is 1. The molecule has 3 rings (SSSR count). The van der Waals surface area contributed by atoms with Crippen LogP contribution in [-0.4, -0.2) is 30.6 Å². The molecule has 2 N–H and O–H groups in total. The molecule has 140 valence electrons. The Morgan fingerprint density at radius 2 is 1.89 bits per heavy atom. The third-order valence-electron chi connectivity index (χ3n) is 4.13. The molecule has 7 heteroatoms. The maximum absolute atomic E-state index is 12.2. The van der Waals surface area contributed by atoms with Crippen molar-refractivity contribution in [3.05, 3.63) is 64.3 Å². The maximum Gasteiger partial charge on any atom is 0.355 e. The number of benzene rings is 2. The number of aromatic amines is 1. The largest absolute Gasteiger partial charge is 0.497 e. The van der Waals surface area contributed by atoms with E-state index in [1.165, 1.54) is 0 Å². The van der Waals surface area contributed by atoms with Crippen molar-refractivity contribution in [1.29, 1.82) is 0 Å². The summed E-state index contributed by atoms with van der Waals surface area (Å²) in [7, 11) is 1.58. The normalized spacial score (nSPS) is 11.8. The first-order chi connectivity index (χ1) is 13.0. The smallest absolute Gasteiger partial charge is 0.355 e. The highest BCUT2D eigenvalue weighted by Crippen LogP contribution is 2.21. The number of amides is 1. The quantitative estimate of drug-likeness (QED) is 0.579. The summed E-state index contributed by atoms with van der Waals surface area (Å²) < 4.78 is 11.2. The van der Waals surface area contributed by atoms with Crippen LogP contribution in [-0.2, 0) is 9.53 Å². The number of ether oxygens (including phenoxy) is 2. The van der Waals surface area contributed by atoms with E-state index in [1.807, 2.05) is 43.3 Å². The minimum absolute atomic E-state index is 0.190. The van der Waals surface area contributed by atoms with Crippen molar-refractivity contribution in [1.82, 2.24) is 10.3 Å². The van der Waals surface area contributed by atoms with Crippen LogP contribution >= 0.6 is 15.9 Å². The van der Waals surface area contributed by atoms with Gasteiger partial charge in [0.25, 0.3) is 5.91 Å². The lowest BCUT2D eigenvalue weighted by molar-refractivity contribution is -0.124. The molecule has 6 nitrogen and oxygen atoms in total. The predicted octanol–water partition coefficient (Wildman–Crippen LogP) is 3.97. The molecule has 27 heavy (non-hydrogen) atoms. The number of nitrogens with one attached hydrogen (secondary N) is 2. The molecule has 1 heterocycles. The highest BCUT2D eigenvalue weighted by atomic mass is 79.9. The number of carbonyl (C=O) groups is 2. The fourth-order valence-corrected chi connectivity index (χ4v) is 2.93. The molecular weight excluding hydrogens is 412 g/mol. The third kappa shape index (κ3) is 4.68. The van der Waals surface area contributed by atoms with Crippen LogP contribution in [0.3, 0.4) is 0 Å². The molecule has 3 aromatic rings. The topological polar surface area (TPSA) is 80.4 Å². The van der Waals surface area contributed by atoms with Gasteiger partial charge in [-0.1, -0.05) is 28.1 Å². The number of H-pyrrole nitrogens is 1. The summed E-state index contributed by atoms with van der Waals surface area (Å²) in [6, 6.07) is 14.6. The molecular formula is C20H19BrN2O4. The Morgan fingerprint density at radius 1 is 1.15 bits per heavy atom. The molecule has 0 saturated heterocycles. The zero-order valence-electron chi connectivity index (χ0n) is 14.9. The van der Waals surface area contributed by atoms with Crippen molar-refractivity contribution in [3.63, 3.8) is 0 Å². The van der Waals surface area contributed by atoms with E-state index in [4.69, 9.17) is 9.47 Å². The van der Waals surface area contributed by atoms with Gasteiger partial charge in [0, 0.05) is 21.4 Å². The Hall–Kier alpha value is -2.80. The first kappa shape index (κ1) is 19.0. The lowest BCUT2D eigenvalue weighted by atomic mass is 10.1. The Kier molecular flexibility index (Phi) is 5.81. The maximum atomic E-state index is 12.2. The van der Waals surface area contributed by atoms with Gasteiger partial charge in [0.2, 0.25) is 0 Å². The van der Waals surface area contributed by atoms with Crippen LogP contribution in [0, 0.1) is 0 Å². The van der Waals surface area contributed by atoms with E-state index in [9.17, 15) is 9.59 Å². The van der Waals surface area contributed by atoms with Gasteiger partial charge in [0.05, 0.1) is 13.2 Å². The zero-order chi connectivity index (χ0) is 19.4. The molecule has 0 spiro atoms. The number of methoxy groups -OCH3 is 1. The molecule has 0 radical (unpaired) electrons. The Morgan fingerprint density at radius 3 is 2.59 bits per heavy atom. The van der Waals surface area contributed by atoms with Gasteiger partial charge in [-0.2, -0.15) is 0 Å². The van der Waals surface area contributed by atoms with Crippen molar-refractivity contribution in [2.24, 2.45) is 0 Å². The number of carbonyl (C=O) groups excluding carboxylic acids is 2. The average molecular weight is 431 g/mol. The number of rotatable bonds is 6. The number of hydrogen-bond acceptors (Lipinski definition) is 4. The summed E-state index contributed by atoms with van der Waals surface area (Å²) in [6.07, 6.45) is 0. The minimum atomic E-state index is -0.586. The van der Waals surface area contributed by atoms with E-state index in [0.29, 0.717) is 5.75 Å². The van der Waals surface area contributed by atoms with E-state index in [2.05, 4.69) is 26.2 Å². The zero-order valence-corrected chi connectivity index (χ0v) is 16.5. The summed E-state index contributed by atoms with van der Waals surface area (Å²) in [4.78, 5) is 27.2. The number of fused-ring (bicyclic) bond motifs is 1. The second-order valence-electron chi connectivity index (χ2n) is 6.05. The second kappa shape index (κ2) is 8.26. The van der Waals surface area contributed by atoms with Gasteiger partial charge >= 0.3 is 5.97 Å². The standard InChI is InChI=1S/C20H19BrN2O4/c1-12(13-3-6-15(21)7-4-13)22-19(24)11-27-20(25)18-9-14-5-8-16(26-2)10-17(14)23-18/h3-10,12,23H,11H2,1-2H3,(H,22,24). The monoisotopic (exact) mass is 430 g/mol. The number of esters is 1. The van der Waals surface area contributed by atoms with Crippen LogP contribution in [0.4, 0.5) is 0 Å². The molecule has 1 atom stereocenters. The summed E-state index contributed by atoms with van der Waals surface area (Å²) in [5, 5.41) is 3.66. The van der Waals surface area contributed by atoms with Gasteiger partial charge in [-0.15, -0.1) is 0 Å². The molecule has 1 aromatic heterocycles. The summed E-state index contributed by atoms with van der Waals surface area (Å²) in [5.74, 6) is -0.265. The third-order valence-corrected chi connectivity index (χ3v) is 4.66. The Balaban J connectivity index is 1.56. The average Bonchev–Trinajstić information content (AvgIpc) is 3.09. The molecule has 0 aliphatic heterocycles. The van der Waals surface area contributed by atoms with Crippen LogP contribution in [0.15, 0.2) is 53.0 Å². The fourth-order valence-electron chi connectivity index (χ4n) is 2.67. The van der Waals surface area contributed by atoms with Gasteiger partial charge in [-0.25, -0.2) is 4.79 Å². The summed E-state index contributed by atoms with van der Waals surface area (Å²) >= 11 is 3.37. The van der Waals surface area contributed by atoms with Crippen molar-refractivity contribution < 1.29 is 19.1 Å². The second-order valence-corrected chi connectivity index (χ2v) is 6.97. The minimum Gasteiger partial charge on any atom is -0.497 e. The van der Waals surface area contributed by atoms with E-state index >= 15 is 0 Å². The van der Waals surface area contributed by atoms with Gasteiger partial charge < -0.3 is 19.8 Å². The van der Waals surface area contributed by atoms with Crippen LogP contribution in [0.2, 0.25) is 0 Å². The van der Waals surface area contributed by atoms with Gasteiger partial charge in [0.1, 0.15) is 11.4 Å². The SMILES string of the molecule is COc1ccc2cc(C(=O)OCC(=O)NC(C)c3ccc(Br)cc3)[nH]c2c1. The van der Waals surface area contributed by atoms with Crippen molar-refractivity contribution in [2.45, 2.75) is 13.0 Å². The lowest BCUT2D eigenvalue weighted by Gasteiger charge is -2.14. The van der Waals surface area contributed by atoms with Crippen LogP contribution in [0.5, 0.6) is 5.75 Å². The van der Waals surface area contributed by atoms with Crippen molar-refractivity contribution in [3.8, 4) is 5.75 Å². The predicted molar refractivity (Wildman–Crippen MR) is 106 cm³/mol.